The highest BCUT2D eigenvalue weighted by molar-refractivity contribution is 5.69. The number of hydrogen-bond donors (Lipinski definition) is 0. The normalized spacial score (nSPS) is 21.4. The number of methoxy groups -OCH3 is 2. The molecule has 4 aromatic rings. The number of ether oxygens (including phenoxy) is 4. The first-order chi connectivity index (χ1) is 31.3. The third-order valence-electron chi connectivity index (χ3n) is 13.2. The maximum Gasteiger partial charge on any atom is 0.417 e. The summed E-state index contributed by atoms with van der Waals surface area (Å²) in [6.07, 6.45) is -5.30. The Morgan fingerprint density at radius 1 is 0.909 bits per heavy atom. The highest BCUT2D eigenvalue weighted by Gasteiger charge is 2.45. The number of hydrogen-bond acceptors (Lipinski definition) is 10. The van der Waals surface area contributed by atoms with Gasteiger partial charge in [0, 0.05) is 62.5 Å². The molecule has 3 aliphatic rings. The van der Waals surface area contributed by atoms with Crippen molar-refractivity contribution in [1.82, 2.24) is 19.8 Å². The van der Waals surface area contributed by atoms with E-state index in [1.165, 1.54) is 13.0 Å². The number of nitrogens with zero attached hydrogens (tertiary/aromatic N) is 6. The lowest BCUT2D eigenvalue weighted by atomic mass is 9.71. The molecule has 2 saturated heterocycles. The monoisotopic (exact) mass is 922 g/mol. The van der Waals surface area contributed by atoms with Gasteiger partial charge in [-0.05, 0) is 120 Å². The first-order valence-electron chi connectivity index (χ1n) is 22.8. The number of likely N-dealkylation sites (tertiary alicyclic amines) is 1. The van der Waals surface area contributed by atoms with Crippen LogP contribution in [-0.4, -0.2) is 104 Å². The molecule has 2 aliphatic heterocycles. The Morgan fingerprint density at radius 3 is 2.05 bits per heavy atom. The number of carbonyl (C=O) groups excluding carboxylic acids is 1. The van der Waals surface area contributed by atoms with Crippen LogP contribution in [0.3, 0.4) is 0 Å². The van der Waals surface area contributed by atoms with Gasteiger partial charge in [-0.25, -0.2) is 13.6 Å². The Kier molecular flexibility index (Phi) is 14.6. The molecule has 2 unspecified atom stereocenters. The van der Waals surface area contributed by atoms with Gasteiger partial charge in [0.25, 0.3) is 0 Å². The van der Waals surface area contributed by atoms with Gasteiger partial charge < -0.3 is 33.6 Å². The van der Waals surface area contributed by atoms with Crippen LogP contribution >= 0.6 is 0 Å². The fourth-order valence-electron chi connectivity index (χ4n) is 9.75. The lowest BCUT2D eigenvalue weighted by molar-refractivity contribution is -0.139. The number of amides is 1. The van der Waals surface area contributed by atoms with Crippen LogP contribution in [0, 0.1) is 18.7 Å². The number of likely N-dealkylation sites (N-methyl/N-ethyl adjacent to an activating group) is 1. The van der Waals surface area contributed by atoms with E-state index in [1.807, 2.05) is 70.8 Å². The number of piperazine rings is 1. The fraction of sp³-hybridized carbons (Fsp3) is 0.540. The number of rotatable bonds is 13. The quantitative estimate of drug-likeness (QED) is 0.121. The van der Waals surface area contributed by atoms with Crippen LogP contribution in [0.4, 0.5) is 38.3 Å². The molecule has 66 heavy (non-hydrogen) atoms. The summed E-state index contributed by atoms with van der Waals surface area (Å²) in [5.41, 5.74) is 0.782. The molecule has 16 heteroatoms. The van der Waals surface area contributed by atoms with Crippen LogP contribution in [0.25, 0.3) is 0 Å². The summed E-state index contributed by atoms with van der Waals surface area (Å²) < 4.78 is 102. The summed E-state index contributed by atoms with van der Waals surface area (Å²) in [4.78, 5) is 30.4. The number of alkyl halides is 4. The summed E-state index contributed by atoms with van der Waals surface area (Å²) in [5, 5.41) is 0. The second-order valence-corrected chi connectivity index (χ2v) is 19.0. The van der Waals surface area contributed by atoms with E-state index in [4.69, 9.17) is 28.9 Å². The SMILES string of the molecule is CCC1Cc2c(nc(OC[C@@H]3C[C@@H](F)CN3C)nc2N2CCN(C(=O)OC(C)(C)C)C[C@@H]2C)CC1c1c(F)c(N(Cc2ccc(OC)cc2)Cc2ccc(OC)cc2)cc(C)c1C(F)(F)F. The maximum atomic E-state index is 17.9. The molecule has 1 aliphatic carbocycles. The van der Waals surface area contributed by atoms with Crippen molar-refractivity contribution < 1.29 is 45.7 Å². The first-order valence-corrected chi connectivity index (χ1v) is 22.8. The zero-order valence-corrected chi connectivity index (χ0v) is 39.5. The Hall–Kier alpha value is -5.38. The van der Waals surface area contributed by atoms with E-state index >= 15 is 17.6 Å². The van der Waals surface area contributed by atoms with Gasteiger partial charge in [-0.3, -0.25) is 4.90 Å². The van der Waals surface area contributed by atoms with Crippen LogP contribution in [0.2, 0.25) is 0 Å². The van der Waals surface area contributed by atoms with E-state index in [1.54, 1.807) is 48.3 Å². The summed E-state index contributed by atoms with van der Waals surface area (Å²) in [6.45, 7) is 12.6. The third kappa shape index (κ3) is 10.9. The zero-order chi connectivity index (χ0) is 47.7. The highest BCUT2D eigenvalue weighted by atomic mass is 19.4. The van der Waals surface area contributed by atoms with Crippen LogP contribution < -0.4 is 24.0 Å². The number of anilines is 2. The Labute approximate surface area is 385 Å². The van der Waals surface area contributed by atoms with Crippen molar-refractivity contribution >= 4 is 17.6 Å². The molecule has 2 fully saturated rings. The van der Waals surface area contributed by atoms with Crippen molar-refractivity contribution in [3.8, 4) is 17.5 Å². The highest BCUT2D eigenvalue weighted by Crippen LogP contribution is 2.49. The molecule has 5 atom stereocenters. The molecule has 3 heterocycles. The van der Waals surface area contributed by atoms with Crippen molar-refractivity contribution in [1.29, 1.82) is 0 Å². The van der Waals surface area contributed by atoms with Crippen LogP contribution in [-0.2, 0) is 36.8 Å². The lowest BCUT2D eigenvalue weighted by Crippen LogP contribution is -2.55. The number of carbonyl (C=O) groups is 1. The minimum atomic E-state index is -4.87. The zero-order valence-electron chi connectivity index (χ0n) is 39.5. The van der Waals surface area contributed by atoms with E-state index in [9.17, 15) is 9.18 Å². The molecule has 0 saturated carbocycles. The van der Waals surface area contributed by atoms with Crippen molar-refractivity contribution in [3.63, 3.8) is 0 Å². The van der Waals surface area contributed by atoms with Crippen LogP contribution in [0.15, 0.2) is 54.6 Å². The molecule has 11 nitrogen and oxygen atoms in total. The fourth-order valence-corrected chi connectivity index (χ4v) is 9.75. The molecule has 1 aromatic heterocycles. The van der Waals surface area contributed by atoms with Crippen molar-refractivity contribution in [3.05, 3.63) is 99.5 Å². The average molecular weight is 923 g/mol. The van der Waals surface area contributed by atoms with E-state index in [0.29, 0.717) is 49.1 Å². The standard InChI is InChI=1S/C50H63F5N6O5/c1-10-34-22-40-41(56-47(65-29-36-23-35(51)28-58(36)7)57-46(40)61-20-19-59(25-31(61)3)48(62)66-49(4,5)6)24-39(34)43-44(50(53,54)55)30(2)21-42(45(43)52)60(26-32-11-15-37(63-8)16-12-32)27-33-13-17-38(64-9)18-14-33/h11-18,21,31,34-36,39H,10,19-20,22-29H2,1-9H3/t31-,34?,35+,36-,39?/m0/s1. The van der Waals surface area contributed by atoms with Gasteiger partial charge in [0.05, 0.1) is 31.2 Å². The smallest absolute Gasteiger partial charge is 0.417 e. The summed E-state index contributed by atoms with van der Waals surface area (Å²) in [6, 6.07) is 15.5. The molecular formula is C50H63F5N6O5. The van der Waals surface area contributed by atoms with Gasteiger partial charge in [0.2, 0.25) is 0 Å². The molecule has 0 radical (unpaired) electrons. The van der Waals surface area contributed by atoms with E-state index < -0.39 is 47.3 Å². The number of halogens is 5. The molecule has 1 amide bonds. The molecule has 0 bridgehead atoms. The van der Waals surface area contributed by atoms with Gasteiger partial charge in [-0.1, -0.05) is 37.6 Å². The molecule has 7 rings (SSSR count). The summed E-state index contributed by atoms with van der Waals surface area (Å²) >= 11 is 0. The van der Waals surface area contributed by atoms with Gasteiger partial charge in [-0.15, -0.1) is 0 Å². The molecule has 3 aromatic carbocycles. The third-order valence-corrected chi connectivity index (χ3v) is 13.2. The van der Waals surface area contributed by atoms with Crippen molar-refractivity contribution in [2.24, 2.45) is 5.92 Å². The average Bonchev–Trinajstić information content (AvgIpc) is 3.60. The molecule has 0 N–H and O–H groups in total. The maximum absolute atomic E-state index is 17.9. The van der Waals surface area contributed by atoms with Crippen LogP contribution in [0.5, 0.6) is 17.5 Å². The van der Waals surface area contributed by atoms with Gasteiger partial charge >= 0.3 is 18.3 Å². The minimum Gasteiger partial charge on any atom is -0.497 e. The molecule has 358 valence electrons. The predicted octanol–water partition coefficient (Wildman–Crippen LogP) is 9.94. The Balaban J connectivity index is 1.31. The van der Waals surface area contributed by atoms with Crippen LogP contribution in [0.1, 0.15) is 92.5 Å². The Bertz CT molecular complexity index is 2280. The number of aromatic nitrogens is 2. The summed E-state index contributed by atoms with van der Waals surface area (Å²) in [7, 11) is 4.95. The number of benzene rings is 3. The predicted molar refractivity (Wildman–Crippen MR) is 244 cm³/mol. The Morgan fingerprint density at radius 2 is 1.53 bits per heavy atom. The second-order valence-electron chi connectivity index (χ2n) is 19.0. The number of fused-ring (bicyclic) bond motifs is 1. The van der Waals surface area contributed by atoms with Crippen molar-refractivity contribution in [2.45, 2.75) is 116 Å². The molecule has 0 spiro atoms. The molecular weight excluding hydrogens is 860 g/mol. The number of aryl methyl sites for hydroxylation is 1. The largest absolute Gasteiger partial charge is 0.497 e. The van der Waals surface area contributed by atoms with Gasteiger partial charge in [0.15, 0.2) is 5.82 Å². The summed E-state index contributed by atoms with van der Waals surface area (Å²) in [5.74, 6) is -0.436. The van der Waals surface area contributed by atoms with Gasteiger partial charge in [0.1, 0.15) is 35.7 Å². The van der Waals surface area contributed by atoms with E-state index in [-0.39, 0.29) is 80.4 Å². The van der Waals surface area contributed by atoms with E-state index in [0.717, 1.165) is 16.7 Å². The first kappa shape index (κ1) is 48.6. The second kappa shape index (κ2) is 19.8. The van der Waals surface area contributed by atoms with Crippen molar-refractivity contribution in [2.75, 3.05) is 63.9 Å². The topological polar surface area (TPSA) is 92.7 Å². The minimum absolute atomic E-state index is 0.0122. The van der Waals surface area contributed by atoms with Gasteiger partial charge in [-0.2, -0.15) is 23.1 Å². The lowest BCUT2D eigenvalue weighted by Gasteiger charge is -2.43. The van der Waals surface area contributed by atoms with E-state index in [2.05, 4.69) is 4.90 Å².